The second-order valence-corrected chi connectivity index (χ2v) is 3.28. The first-order valence-corrected chi connectivity index (χ1v) is 3.15. The van der Waals surface area contributed by atoms with Gasteiger partial charge in [-0.2, -0.15) is 0 Å². The maximum absolute atomic E-state index is 2.79. The van der Waals surface area contributed by atoms with Gasteiger partial charge in [0.1, 0.15) is 0 Å². The first-order valence-electron chi connectivity index (χ1n) is 1.82. The molecule has 0 bridgehead atoms. The van der Waals surface area contributed by atoms with E-state index in [1.165, 1.54) is 6.42 Å². The van der Waals surface area contributed by atoms with Crippen LogP contribution in [-0.2, 0) is 0 Å². The maximum atomic E-state index is 2.79. The molecule has 1 saturated carbocycles. The average Bonchev–Trinajstić information content (AvgIpc) is 1.79. The summed E-state index contributed by atoms with van der Waals surface area (Å²) >= 11 is 0. The Morgan fingerprint density at radius 2 is 1.40 bits per heavy atom. The third-order valence-electron chi connectivity index (χ3n) is 0.891. The smallest absolute Gasteiger partial charge is 0.0195 e. The van der Waals surface area contributed by atoms with E-state index in [4.69, 9.17) is 0 Å². The Morgan fingerprint density at radius 1 is 1.20 bits per heavy atom. The summed E-state index contributed by atoms with van der Waals surface area (Å²) in [5, 5.41) is 0. The molecule has 4 unspecified atom stereocenters. The maximum Gasteiger partial charge on any atom is -0.0195 e. The molecule has 0 aromatic heterocycles. The van der Waals surface area contributed by atoms with Crippen molar-refractivity contribution in [3.8, 4) is 0 Å². The van der Waals surface area contributed by atoms with Crippen LogP contribution in [0.3, 0.4) is 0 Å². The number of rotatable bonds is 0. The van der Waals surface area contributed by atoms with Gasteiger partial charge in [0.15, 0.2) is 0 Å². The standard InChI is InChI=1S/C3H8P2/c4-2-1-3(2)5/h2-3H,1,4-5H2. The van der Waals surface area contributed by atoms with Gasteiger partial charge in [-0.15, -0.1) is 18.5 Å². The van der Waals surface area contributed by atoms with Crippen LogP contribution in [-0.4, -0.2) is 11.3 Å². The van der Waals surface area contributed by atoms with Crippen LogP contribution < -0.4 is 0 Å². The number of hydrogen-bond donors (Lipinski definition) is 0. The fourth-order valence-corrected chi connectivity index (χ4v) is 1.18. The van der Waals surface area contributed by atoms with Gasteiger partial charge in [0, 0.05) is 0 Å². The van der Waals surface area contributed by atoms with Crippen LogP contribution in [0.2, 0.25) is 0 Å². The summed E-state index contributed by atoms with van der Waals surface area (Å²) in [6.45, 7) is 0. The first kappa shape index (κ1) is 4.03. The Hall–Kier alpha value is 0.860. The normalized spacial score (nSPS) is 49.2. The summed E-state index contributed by atoms with van der Waals surface area (Å²) in [6, 6.07) is 0. The highest BCUT2D eigenvalue weighted by Gasteiger charge is 2.27. The molecule has 1 rings (SSSR count). The summed E-state index contributed by atoms with van der Waals surface area (Å²) in [6.07, 6.45) is 1.40. The Bertz CT molecular complexity index is 38.2. The van der Waals surface area contributed by atoms with Crippen molar-refractivity contribution >= 4 is 18.5 Å². The minimum Gasteiger partial charge on any atom is -0.134 e. The topological polar surface area (TPSA) is 0 Å². The zero-order valence-corrected chi connectivity index (χ0v) is 5.33. The Labute approximate surface area is 37.1 Å². The Kier molecular flexibility index (Phi) is 0.945. The molecule has 0 aliphatic heterocycles. The molecule has 30 valence electrons. The van der Waals surface area contributed by atoms with E-state index in [1.807, 2.05) is 0 Å². The molecule has 0 aromatic carbocycles. The van der Waals surface area contributed by atoms with E-state index in [1.54, 1.807) is 0 Å². The molecule has 2 heteroatoms. The van der Waals surface area contributed by atoms with Crippen LogP contribution in [0.15, 0.2) is 0 Å². The highest BCUT2D eigenvalue weighted by Crippen LogP contribution is 2.36. The van der Waals surface area contributed by atoms with Crippen molar-refractivity contribution < 1.29 is 0 Å². The minimum atomic E-state index is 0.931. The molecule has 4 atom stereocenters. The largest absolute Gasteiger partial charge is 0.134 e. The predicted octanol–water partition coefficient (Wildman–Crippen LogP) is 0.877. The molecule has 1 fully saturated rings. The second kappa shape index (κ2) is 1.17. The van der Waals surface area contributed by atoms with Crippen LogP contribution in [0.5, 0.6) is 0 Å². The van der Waals surface area contributed by atoms with Crippen LogP contribution in [0.1, 0.15) is 6.42 Å². The Morgan fingerprint density at radius 3 is 1.40 bits per heavy atom. The van der Waals surface area contributed by atoms with E-state index in [-0.39, 0.29) is 0 Å². The zero-order chi connectivity index (χ0) is 3.86. The molecule has 0 aromatic rings. The van der Waals surface area contributed by atoms with Crippen molar-refractivity contribution in [1.29, 1.82) is 0 Å². The van der Waals surface area contributed by atoms with Crippen LogP contribution in [0.25, 0.3) is 0 Å². The van der Waals surface area contributed by atoms with Crippen molar-refractivity contribution in [2.24, 2.45) is 0 Å². The predicted molar refractivity (Wildman–Crippen MR) is 31.6 cm³/mol. The van der Waals surface area contributed by atoms with E-state index in [9.17, 15) is 0 Å². The van der Waals surface area contributed by atoms with Crippen molar-refractivity contribution in [3.63, 3.8) is 0 Å². The lowest BCUT2D eigenvalue weighted by Gasteiger charge is -1.67. The second-order valence-electron chi connectivity index (χ2n) is 1.56. The molecular weight excluding hydrogens is 98.0 g/mol. The summed E-state index contributed by atoms with van der Waals surface area (Å²) in [4.78, 5) is 0. The van der Waals surface area contributed by atoms with E-state index in [0.29, 0.717) is 0 Å². The average molecular weight is 106 g/mol. The van der Waals surface area contributed by atoms with Gasteiger partial charge < -0.3 is 0 Å². The molecule has 1 aliphatic carbocycles. The molecule has 0 amide bonds. The SMILES string of the molecule is PC1CC1P. The molecule has 0 spiro atoms. The summed E-state index contributed by atoms with van der Waals surface area (Å²) in [5.74, 6) is 0. The van der Waals surface area contributed by atoms with E-state index in [0.717, 1.165) is 11.3 Å². The number of hydrogen-bond acceptors (Lipinski definition) is 0. The molecule has 1 aliphatic rings. The minimum absolute atomic E-state index is 0.931. The van der Waals surface area contributed by atoms with Gasteiger partial charge in [0.2, 0.25) is 0 Å². The monoisotopic (exact) mass is 106 g/mol. The molecule has 0 radical (unpaired) electrons. The van der Waals surface area contributed by atoms with E-state index < -0.39 is 0 Å². The molecule has 0 saturated heterocycles. The summed E-state index contributed by atoms with van der Waals surface area (Å²) in [7, 11) is 5.57. The van der Waals surface area contributed by atoms with Crippen LogP contribution in [0, 0.1) is 0 Å². The summed E-state index contributed by atoms with van der Waals surface area (Å²) in [5.41, 5.74) is 1.86. The molecule has 5 heavy (non-hydrogen) atoms. The van der Waals surface area contributed by atoms with E-state index >= 15 is 0 Å². The fraction of sp³-hybridized carbons (Fsp3) is 1.00. The van der Waals surface area contributed by atoms with Crippen molar-refractivity contribution in [2.75, 3.05) is 0 Å². The van der Waals surface area contributed by atoms with Gasteiger partial charge in [0.05, 0.1) is 0 Å². The van der Waals surface area contributed by atoms with Crippen molar-refractivity contribution in [3.05, 3.63) is 0 Å². The van der Waals surface area contributed by atoms with Crippen LogP contribution in [0.4, 0.5) is 0 Å². The van der Waals surface area contributed by atoms with Gasteiger partial charge >= 0.3 is 0 Å². The molecule has 0 nitrogen and oxygen atoms in total. The third kappa shape index (κ3) is 0.845. The van der Waals surface area contributed by atoms with Crippen LogP contribution >= 0.6 is 18.5 Å². The molecule has 0 heterocycles. The Balaban J connectivity index is 2.20. The summed E-state index contributed by atoms with van der Waals surface area (Å²) < 4.78 is 0. The lowest BCUT2D eigenvalue weighted by atomic mass is 11.0. The van der Waals surface area contributed by atoms with Gasteiger partial charge in [0.25, 0.3) is 0 Å². The van der Waals surface area contributed by atoms with Crippen molar-refractivity contribution in [2.45, 2.75) is 17.7 Å². The fourth-order valence-electron chi connectivity index (χ4n) is 0.236. The van der Waals surface area contributed by atoms with E-state index in [2.05, 4.69) is 18.5 Å². The quantitative estimate of drug-likeness (QED) is 0.402. The molecule has 0 N–H and O–H groups in total. The lowest BCUT2D eigenvalue weighted by Crippen LogP contribution is -1.61. The highest BCUT2D eigenvalue weighted by atomic mass is 31.0. The first-order chi connectivity index (χ1) is 2.30. The van der Waals surface area contributed by atoms with Gasteiger partial charge in [-0.25, -0.2) is 0 Å². The molecular formula is C3H8P2. The van der Waals surface area contributed by atoms with Gasteiger partial charge in [-0.3, -0.25) is 0 Å². The zero-order valence-electron chi connectivity index (χ0n) is 3.02. The highest BCUT2D eigenvalue weighted by molar-refractivity contribution is 7.25. The van der Waals surface area contributed by atoms with Gasteiger partial charge in [-0.05, 0) is 17.7 Å². The third-order valence-corrected chi connectivity index (χ3v) is 2.87. The lowest BCUT2D eigenvalue weighted by molar-refractivity contribution is 1.52. The van der Waals surface area contributed by atoms with Crippen molar-refractivity contribution in [1.82, 2.24) is 0 Å². The van der Waals surface area contributed by atoms with Gasteiger partial charge in [-0.1, -0.05) is 0 Å².